The molecule has 2 N–H and O–H groups in total. The lowest BCUT2D eigenvalue weighted by molar-refractivity contribution is -0.384. The van der Waals surface area contributed by atoms with Gasteiger partial charge in [-0.25, -0.2) is 0 Å². The first-order chi connectivity index (χ1) is 15.3. The molecule has 0 aliphatic carbocycles. The highest BCUT2D eigenvalue weighted by Crippen LogP contribution is 2.37. The molecule has 3 aliphatic rings. The molecule has 0 spiro atoms. The van der Waals surface area contributed by atoms with Crippen LogP contribution in [0.3, 0.4) is 0 Å². The molecule has 0 radical (unpaired) electrons. The van der Waals surface area contributed by atoms with Crippen LogP contribution in [0, 0.1) is 15.5 Å². The fraction of sp³-hybridized carbons (Fsp3) is 0.636. The van der Waals surface area contributed by atoms with Gasteiger partial charge >= 0.3 is 0 Å². The highest BCUT2D eigenvalue weighted by molar-refractivity contribution is 6.15. The highest BCUT2D eigenvalue weighted by atomic mass is 16.6. The highest BCUT2D eigenvalue weighted by Gasteiger charge is 2.48. The summed E-state index contributed by atoms with van der Waals surface area (Å²) < 4.78 is 11.3. The van der Waals surface area contributed by atoms with Gasteiger partial charge in [-0.3, -0.25) is 19.7 Å². The Morgan fingerprint density at radius 3 is 2.66 bits per heavy atom. The molecule has 0 saturated carbocycles. The summed E-state index contributed by atoms with van der Waals surface area (Å²) in [7, 11) is 0. The smallest absolute Gasteiger partial charge is 0.278 e. The number of anilines is 1. The van der Waals surface area contributed by atoms with Gasteiger partial charge in [0.25, 0.3) is 23.1 Å². The van der Waals surface area contributed by atoms with Gasteiger partial charge in [0.15, 0.2) is 0 Å². The summed E-state index contributed by atoms with van der Waals surface area (Å²) >= 11 is 0. The van der Waals surface area contributed by atoms with Crippen LogP contribution < -0.4 is 15.4 Å². The molecule has 2 amide bonds. The fourth-order valence-electron chi connectivity index (χ4n) is 4.70. The molecule has 2 fully saturated rings. The van der Waals surface area contributed by atoms with E-state index in [4.69, 9.17) is 9.47 Å². The number of rotatable bonds is 6. The van der Waals surface area contributed by atoms with E-state index in [-0.39, 0.29) is 22.5 Å². The van der Waals surface area contributed by atoms with Crippen molar-refractivity contribution in [3.63, 3.8) is 0 Å². The molecule has 1 unspecified atom stereocenters. The second kappa shape index (κ2) is 9.03. The fourth-order valence-corrected chi connectivity index (χ4v) is 4.70. The lowest BCUT2D eigenvalue weighted by atomic mass is 9.79. The standard InChI is InChI=1S/C22H30N4O6/c1-21(20(28)24-17-13-16(26(29)30)5-6-18(17)32-21)19(27)23-14-22(7-11-31-12-8-22)15-25-9-3-2-4-10-25/h5-6,13H,2-4,7-12,14-15H2,1H3,(H,23,27)(H,24,28). The van der Waals surface area contributed by atoms with Gasteiger partial charge in [-0.2, -0.15) is 0 Å². The molecular weight excluding hydrogens is 416 g/mol. The summed E-state index contributed by atoms with van der Waals surface area (Å²) in [6.07, 6.45) is 5.35. The third-order valence-electron chi connectivity index (χ3n) is 6.79. The summed E-state index contributed by atoms with van der Waals surface area (Å²) in [5.41, 5.74) is -1.85. The Kier molecular flexibility index (Phi) is 6.34. The van der Waals surface area contributed by atoms with Crippen molar-refractivity contribution in [1.29, 1.82) is 0 Å². The minimum atomic E-state index is -1.76. The van der Waals surface area contributed by atoms with Crippen LogP contribution in [0.25, 0.3) is 0 Å². The number of likely N-dealkylation sites (tertiary alicyclic amines) is 1. The van der Waals surface area contributed by atoms with Crippen molar-refractivity contribution in [3.05, 3.63) is 28.3 Å². The maximum absolute atomic E-state index is 13.1. The molecule has 10 nitrogen and oxygen atoms in total. The summed E-state index contributed by atoms with van der Waals surface area (Å²) in [4.78, 5) is 38.8. The van der Waals surface area contributed by atoms with E-state index in [1.54, 1.807) is 0 Å². The van der Waals surface area contributed by atoms with Crippen molar-refractivity contribution in [1.82, 2.24) is 10.2 Å². The normalized spacial score (nSPS) is 25.2. The lowest BCUT2D eigenvalue weighted by Crippen LogP contribution is -2.60. The summed E-state index contributed by atoms with van der Waals surface area (Å²) in [5.74, 6) is -0.953. The molecular formula is C22H30N4O6. The Balaban J connectivity index is 1.45. The number of nitrogens with one attached hydrogen (secondary N) is 2. The molecule has 3 heterocycles. The Bertz CT molecular complexity index is 894. The van der Waals surface area contributed by atoms with Crippen LogP contribution in [0.4, 0.5) is 11.4 Å². The van der Waals surface area contributed by atoms with Crippen molar-refractivity contribution in [2.24, 2.45) is 5.41 Å². The van der Waals surface area contributed by atoms with E-state index in [0.717, 1.165) is 32.5 Å². The number of hydrogen-bond acceptors (Lipinski definition) is 7. The van der Waals surface area contributed by atoms with E-state index in [0.29, 0.717) is 19.8 Å². The average Bonchev–Trinajstić information content (AvgIpc) is 2.79. The molecule has 10 heteroatoms. The number of benzene rings is 1. The van der Waals surface area contributed by atoms with Gasteiger partial charge < -0.3 is 25.0 Å². The first-order valence-corrected chi connectivity index (χ1v) is 11.2. The Hall–Kier alpha value is -2.72. The van der Waals surface area contributed by atoms with Crippen LogP contribution in [-0.4, -0.2) is 66.6 Å². The SMILES string of the molecule is CC1(C(=O)NCC2(CN3CCCCC3)CCOCC2)Oc2ccc([N+](=O)[O-])cc2NC1=O. The van der Waals surface area contributed by atoms with E-state index >= 15 is 0 Å². The molecule has 1 aromatic carbocycles. The van der Waals surface area contributed by atoms with Gasteiger partial charge in [0.05, 0.1) is 10.6 Å². The third-order valence-corrected chi connectivity index (χ3v) is 6.79. The molecule has 0 aromatic heterocycles. The maximum atomic E-state index is 13.1. The molecule has 0 bridgehead atoms. The van der Waals surface area contributed by atoms with Gasteiger partial charge in [0.1, 0.15) is 5.75 Å². The summed E-state index contributed by atoms with van der Waals surface area (Å²) in [6.45, 7) is 6.21. The zero-order valence-corrected chi connectivity index (χ0v) is 18.4. The number of nitrogens with zero attached hydrogens (tertiary/aromatic N) is 2. The van der Waals surface area contributed by atoms with Crippen LogP contribution in [0.1, 0.15) is 39.0 Å². The number of ether oxygens (including phenoxy) is 2. The number of non-ortho nitro benzene ring substituents is 1. The van der Waals surface area contributed by atoms with Crippen LogP contribution in [0.5, 0.6) is 5.75 Å². The van der Waals surface area contributed by atoms with E-state index in [9.17, 15) is 19.7 Å². The molecule has 32 heavy (non-hydrogen) atoms. The number of nitro groups is 1. The molecule has 1 aromatic rings. The van der Waals surface area contributed by atoms with Gasteiger partial charge in [-0.1, -0.05) is 6.42 Å². The predicted molar refractivity (Wildman–Crippen MR) is 117 cm³/mol. The molecule has 3 aliphatic heterocycles. The van der Waals surface area contributed by atoms with Crippen molar-refractivity contribution < 1.29 is 24.0 Å². The molecule has 4 rings (SSSR count). The molecule has 1 atom stereocenters. The van der Waals surface area contributed by atoms with Crippen LogP contribution in [0.2, 0.25) is 0 Å². The summed E-state index contributed by atoms with van der Waals surface area (Å²) in [6, 6.07) is 3.90. The number of nitro benzene ring substituents is 1. The van der Waals surface area contributed by atoms with Gasteiger partial charge in [0.2, 0.25) is 0 Å². The van der Waals surface area contributed by atoms with Crippen molar-refractivity contribution in [2.45, 2.75) is 44.6 Å². The number of fused-ring (bicyclic) bond motifs is 1. The molecule has 2 saturated heterocycles. The molecule has 174 valence electrons. The van der Waals surface area contributed by atoms with E-state index in [1.807, 2.05) is 0 Å². The Morgan fingerprint density at radius 2 is 1.97 bits per heavy atom. The second-order valence-corrected chi connectivity index (χ2v) is 9.16. The third kappa shape index (κ3) is 4.56. The van der Waals surface area contributed by atoms with Crippen molar-refractivity contribution >= 4 is 23.2 Å². The first-order valence-electron chi connectivity index (χ1n) is 11.2. The number of carbonyl (C=O) groups excluding carboxylic acids is 2. The van der Waals surface area contributed by atoms with Crippen LogP contribution >= 0.6 is 0 Å². The van der Waals surface area contributed by atoms with Gasteiger partial charge in [0, 0.05) is 43.9 Å². The maximum Gasteiger partial charge on any atom is 0.278 e. The zero-order chi connectivity index (χ0) is 22.8. The van der Waals surface area contributed by atoms with E-state index in [2.05, 4.69) is 15.5 Å². The monoisotopic (exact) mass is 446 g/mol. The minimum Gasteiger partial charge on any atom is -0.466 e. The van der Waals surface area contributed by atoms with Gasteiger partial charge in [-0.05, 0) is 51.8 Å². The lowest BCUT2D eigenvalue weighted by Gasteiger charge is -2.43. The zero-order valence-electron chi connectivity index (χ0n) is 18.4. The van der Waals surface area contributed by atoms with Crippen molar-refractivity contribution in [3.8, 4) is 5.75 Å². The summed E-state index contributed by atoms with van der Waals surface area (Å²) in [5, 5.41) is 16.5. The average molecular weight is 447 g/mol. The quantitative estimate of drug-likeness (QED) is 0.390. The van der Waals surface area contributed by atoms with Crippen molar-refractivity contribution in [2.75, 3.05) is 44.7 Å². The predicted octanol–water partition coefficient (Wildman–Crippen LogP) is 2.08. The largest absolute Gasteiger partial charge is 0.466 e. The minimum absolute atomic E-state index is 0.106. The first kappa shape index (κ1) is 22.5. The second-order valence-electron chi connectivity index (χ2n) is 9.16. The number of amides is 2. The Morgan fingerprint density at radius 1 is 1.25 bits per heavy atom. The number of hydrogen-bond donors (Lipinski definition) is 2. The Labute approximate surface area is 186 Å². The van der Waals surface area contributed by atoms with E-state index < -0.39 is 22.3 Å². The topological polar surface area (TPSA) is 123 Å². The van der Waals surface area contributed by atoms with Crippen LogP contribution in [0.15, 0.2) is 18.2 Å². The van der Waals surface area contributed by atoms with Crippen LogP contribution in [-0.2, 0) is 14.3 Å². The van der Waals surface area contributed by atoms with Gasteiger partial charge in [-0.15, -0.1) is 0 Å². The van der Waals surface area contributed by atoms with E-state index in [1.165, 1.54) is 44.4 Å². The number of carbonyl (C=O) groups is 2. The number of piperidine rings is 1.